The maximum absolute atomic E-state index is 12.0. The van der Waals surface area contributed by atoms with Crippen LogP contribution < -0.4 is 10.6 Å². The Labute approximate surface area is 125 Å². The van der Waals surface area contributed by atoms with Crippen LogP contribution in [0.15, 0.2) is 23.8 Å². The Morgan fingerprint density at radius 3 is 2.60 bits per heavy atom. The fourth-order valence-corrected chi connectivity index (χ4v) is 3.12. The van der Waals surface area contributed by atoms with Crippen molar-refractivity contribution in [3.8, 4) is 0 Å². The molecule has 0 aromatic rings. The van der Waals surface area contributed by atoms with Crippen LogP contribution in [-0.2, 0) is 9.59 Å². The van der Waals surface area contributed by atoms with Crippen LogP contribution in [0.4, 0.5) is 0 Å². The lowest BCUT2D eigenvalue weighted by atomic mass is 10.0. The fraction of sp³-hybridized carbons (Fsp3) is 0.600. The first-order valence-electron chi connectivity index (χ1n) is 6.85. The molecule has 0 spiro atoms. The monoisotopic (exact) mass is 296 g/mol. The minimum absolute atomic E-state index is 0.161. The Bertz CT molecular complexity index is 428. The van der Waals surface area contributed by atoms with Crippen LogP contribution in [-0.4, -0.2) is 35.4 Å². The number of allylic oxidation sites excluding steroid dienone is 3. The van der Waals surface area contributed by atoms with E-state index in [0.29, 0.717) is 0 Å². The Morgan fingerprint density at radius 2 is 2.10 bits per heavy atom. The van der Waals surface area contributed by atoms with Gasteiger partial charge in [-0.3, -0.25) is 9.59 Å². The molecule has 5 heteroatoms. The minimum Gasteiger partial charge on any atom is -0.357 e. The summed E-state index contributed by atoms with van der Waals surface area (Å²) in [6.07, 6.45) is 8.73. The van der Waals surface area contributed by atoms with E-state index in [0.717, 1.165) is 18.6 Å². The predicted molar refractivity (Wildman–Crippen MR) is 84.7 cm³/mol. The lowest BCUT2D eigenvalue weighted by Crippen LogP contribution is -2.55. The summed E-state index contributed by atoms with van der Waals surface area (Å²) in [4.78, 5) is 23.3. The molecule has 0 aliphatic heterocycles. The number of hydrogen-bond donors (Lipinski definition) is 2. The summed E-state index contributed by atoms with van der Waals surface area (Å²) in [5.41, 5.74) is 1.29. The van der Waals surface area contributed by atoms with E-state index in [1.54, 1.807) is 18.8 Å². The van der Waals surface area contributed by atoms with E-state index in [-0.39, 0.29) is 16.6 Å². The van der Waals surface area contributed by atoms with Crippen molar-refractivity contribution in [2.75, 3.05) is 12.8 Å². The molecular formula is C15H24N2O2S. The van der Waals surface area contributed by atoms with Crippen LogP contribution in [0, 0.1) is 0 Å². The normalized spacial score (nSPS) is 16.3. The number of nitrogens with one attached hydrogen (secondary N) is 2. The number of carbonyl (C=O) groups excluding carboxylic acids is 2. The van der Waals surface area contributed by atoms with Crippen molar-refractivity contribution in [1.29, 1.82) is 0 Å². The molecule has 1 unspecified atom stereocenters. The first-order chi connectivity index (χ1) is 9.36. The maximum atomic E-state index is 12.0. The van der Waals surface area contributed by atoms with Gasteiger partial charge in [-0.25, -0.2) is 0 Å². The highest BCUT2D eigenvalue weighted by Gasteiger charge is 2.35. The van der Waals surface area contributed by atoms with Gasteiger partial charge >= 0.3 is 0 Å². The van der Waals surface area contributed by atoms with Crippen LogP contribution in [0.25, 0.3) is 0 Å². The number of hydrogen-bond acceptors (Lipinski definition) is 3. The van der Waals surface area contributed by atoms with Crippen LogP contribution in [0.3, 0.4) is 0 Å². The minimum atomic E-state index is -0.539. The summed E-state index contributed by atoms with van der Waals surface area (Å²) in [6.45, 7) is 5.41. The average Bonchev–Trinajstić information content (AvgIpc) is 2.42. The summed E-state index contributed by atoms with van der Waals surface area (Å²) < 4.78 is -0.377. The van der Waals surface area contributed by atoms with Gasteiger partial charge in [-0.2, -0.15) is 0 Å². The smallest absolute Gasteiger partial charge is 0.243 e. The summed E-state index contributed by atoms with van der Waals surface area (Å²) in [6, 6.07) is -0.539. The van der Waals surface area contributed by atoms with Crippen molar-refractivity contribution >= 4 is 23.6 Å². The molecular weight excluding hydrogens is 272 g/mol. The highest BCUT2D eigenvalue weighted by atomic mass is 32.2. The van der Waals surface area contributed by atoms with Crippen LogP contribution in [0.1, 0.15) is 33.6 Å². The van der Waals surface area contributed by atoms with Crippen molar-refractivity contribution in [2.45, 2.75) is 44.4 Å². The standard InChI is InChI=1S/C15H24N2O2S/c1-11(18)17-13(14(19)16-4)15(2,3)20-10-12-8-6-5-7-9-12/h6,8-9,13H,5,7,10H2,1-4H3,(H,16,19)(H,17,18). The Balaban J connectivity index is 2.70. The molecule has 112 valence electrons. The number of carbonyl (C=O) groups is 2. The number of amides is 2. The van der Waals surface area contributed by atoms with E-state index in [4.69, 9.17) is 0 Å². The van der Waals surface area contributed by atoms with E-state index < -0.39 is 6.04 Å². The van der Waals surface area contributed by atoms with Gasteiger partial charge in [-0.15, -0.1) is 11.8 Å². The largest absolute Gasteiger partial charge is 0.357 e. The van der Waals surface area contributed by atoms with Gasteiger partial charge in [0.1, 0.15) is 6.04 Å². The number of likely N-dealkylation sites (N-methyl/N-ethyl adjacent to an activating group) is 1. The van der Waals surface area contributed by atoms with Crippen molar-refractivity contribution in [3.63, 3.8) is 0 Å². The van der Waals surface area contributed by atoms with Gasteiger partial charge < -0.3 is 10.6 Å². The first-order valence-corrected chi connectivity index (χ1v) is 7.83. The first kappa shape index (κ1) is 16.8. The molecule has 1 aliphatic carbocycles. The van der Waals surface area contributed by atoms with Gasteiger partial charge in [0, 0.05) is 24.5 Å². The second-order valence-corrected chi connectivity index (χ2v) is 7.03. The second-order valence-electron chi connectivity index (χ2n) is 5.40. The van der Waals surface area contributed by atoms with Gasteiger partial charge in [0.2, 0.25) is 11.8 Å². The maximum Gasteiger partial charge on any atom is 0.243 e. The van der Waals surface area contributed by atoms with E-state index in [1.807, 2.05) is 13.8 Å². The molecule has 2 N–H and O–H groups in total. The Morgan fingerprint density at radius 1 is 1.40 bits per heavy atom. The highest BCUT2D eigenvalue weighted by Crippen LogP contribution is 2.31. The second kappa shape index (κ2) is 7.53. The van der Waals surface area contributed by atoms with E-state index >= 15 is 0 Å². The fourth-order valence-electron chi connectivity index (χ4n) is 2.03. The number of rotatable bonds is 6. The van der Waals surface area contributed by atoms with Crippen LogP contribution in [0.2, 0.25) is 0 Å². The Kier molecular flexibility index (Phi) is 6.33. The molecule has 0 saturated carbocycles. The molecule has 0 aromatic heterocycles. The number of thioether (sulfide) groups is 1. The van der Waals surface area contributed by atoms with Crippen molar-refractivity contribution < 1.29 is 9.59 Å². The van der Waals surface area contributed by atoms with Crippen LogP contribution >= 0.6 is 11.8 Å². The van der Waals surface area contributed by atoms with Crippen molar-refractivity contribution in [1.82, 2.24) is 10.6 Å². The molecule has 1 atom stereocenters. The zero-order valence-corrected chi connectivity index (χ0v) is 13.5. The molecule has 20 heavy (non-hydrogen) atoms. The van der Waals surface area contributed by atoms with Gasteiger partial charge in [0.15, 0.2) is 0 Å². The molecule has 2 amide bonds. The summed E-state index contributed by atoms with van der Waals surface area (Å²) in [5.74, 6) is 0.492. The zero-order valence-electron chi connectivity index (χ0n) is 12.7. The van der Waals surface area contributed by atoms with E-state index in [9.17, 15) is 9.59 Å². The average molecular weight is 296 g/mol. The van der Waals surface area contributed by atoms with Crippen molar-refractivity contribution in [3.05, 3.63) is 23.8 Å². The van der Waals surface area contributed by atoms with E-state index in [2.05, 4.69) is 28.9 Å². The lowest BCUT2D eigenvalue weighted by Gasteiger charge is -2.33. The topological polar surface area (TPSA) is 58.2 Å². The summed E-state index contributed by atoms with van der Waals surface area (Å²) >= 11 is 1.68. The highest BCUT2D eigenvalue weighted by molar-refractivity contribution is 8.00. The molecule has 0 radical (unpaired) electrons. The third-order valence-corrected chi connectivity index (χ3v) is 4.69. The van der Waals surface area contributed by atoms with Crippen LogP contribution in [0.5, 0.6) is 0 Å². The molecule has 0 fully saturated rings. The van der Waals surface area contributed by atoms with Gasteiger partial charge in [0.25, 0.3) is 0 Å². The van der Waals surface area contributed by atoms with Gasteiger partial charge in [0.05, 0.1) is 0 Å². The Hall–Kier alpha value is -1.23. The molecule has 1 rings (SSSR count). The van der Waals surface area contributed by atoms with Gasteiger partial charge in [-0.05, 0) is 32.3 Å². The quantitative estimate of drug-likeness (QED) is 0.788. The molecule has 0 heterocycles. The predicted octanol–water partition coefficient (Wildman–Crippen LogP) is 2.03. The molecule has 0 saturated heterocycles. The molecule has 0 aromatic carbocycles. The summed E-state index contributed by atoms with van der Waals surface area (Å²) in [7, 11) is 1.59. The van der Waals surface area contributed by atoms with Crippen molar-refractivity contribution in [2.24, 2.45) is 0 Å². The molecule has 4 nitrogen and oxygen atoms in total. The third-order valence-electron chi connectivity index (χ3n) is 3.23. The lowest BCUT2D eigenvalue weighted by molar-refractivity contribution is -0.128. The third kappa shape index (κ3) is 5.04. The molecule has 1 aliphatic rings. The SMILES string of the molecule is CNC(=O)C(NC(C)=O)C(C)(C)SCC1=CCCC=C1. The van der Waals surface area contributed by atoms with E-state index in [1.165, 1.54) is 12.5 Å². The molecule has 0 bridgehead atoms. The zero-order chi connectivity index (χ0) is 15.2. The van der Waals surface area contributed by atoms with Gasteiger partial charge in [-0.1, -0.05) is 18.2 Å². The summed E-state index contributed by atoms with van der Waals surface area (Å²) in [5, 5.41) is 5.37.